The molecule has 1 aromatic rings. The van der Waals surface area contributed by atoms with Crippen molar-refractivity contribution in [2.24, 2.45) is 0 Å². The van der Waals surface area contributed by atoms with Crippen molar-refractivity contribution in [3.05, 3.63) is 35.4 Å². The molecular formula is C15H23NO2. The van der Waals surface area contributed by atoms with Crippen molar-refractivity contribution in [3.8, 4) is 0 Å². The van der Waals surface area contributed by atoms with Crippen molar-refractivity contribution in [2.45, 2.75) is 38.5 Å². The molecule has 1 aliphatic rings. The average Bonchev–Trinajstić information content (AvgIpc) is 2.41. The van der Waals surface area contributed by atoms with E-state index >= 15 is 0 Å². The molecular weight excluding hydrogens is 226 g/mol. The van der Waals surface area contributed by atoms with Crippen LogP contribution < -0.4 is 5.32 Å². The standard InChI is InChI=1S/C15H23NO2/c1-16-10-13-5-4-6-14(9-13)11-17-12-15-7-2-3-8-18-15/h4-6,9,15-16H,2-3,7-8,10-12H2,1H3. The fourth-order valence-electron chi connectivity index (χ4n) is 2.28. The predicted octanol–water partition coefficient (Wildman–Crippen LogP) is 2.49. The summed E-state index contributed by atoms with van der Waals surface area (Å²) < 4.78 is 11.4. The van der Waals surface area contributed by atoms with Crippen molar-refractivity contribution in [3.63, 3.8) is 0 Å². The molecule has 0 aliphatic carbocycles. The van der Waals surface area contributed by atoms with Gasteiger partial charge in [-0.25, -0.2) is 0 Å². The van der Waals surface area contributed by atoms with E-state index in [2.05, 4.69) is 29.6 Å². The molecule has 0 spiro atoms. The van der Waals surface area contributed by atoms with Crippen molar-refractivity contribution in [1.82, 2.24) is 5.32 Å². The monoisotopic (exact) mass is 249 g/mol. The van der Waals surface area contributed by atoms with Crippen LogP contribution in [-0.2, 0) is 22.6 Å². The minimum absolute atomic E-state index is 0.305. The van der Waals surface area contributed by atoms with Gasteiger partial charge >= 0.3 is 0 Å². The second-order valence-corrected chi connectivity index (χ2v) is 4.85. The van der Waals surface area contributed by atoms with E-state index in [4.69, 9.17) is 9.47 Å². The Kier molecular flexibility index (Phi) is 5.65. The summed E-state index contributed by atoms with van der Waals surface area (Å²) in [5.41, 5.74) is 2.53. The van der Waals surface area contributed by atoms with E-state index in [1.54, 1.807) is 0 Å². The van der Waals surface area contributed by atoms with Crippen LogP contribution in [0.1, 0.15) is 30.4 Å². The molecule has 1 fully saturated rings. The molecule has 3 heteroatoms. The van der Waals surface area contributed by atoms with Crippen LogP contribution in [0.2, 0.25) is 0 Å². The first kappa shape index (κ1) is 13.5. The number of benzene rings is 1. The topological polar surface area (TPSA) is 30.5 Å². The third-order valence-electron chi connectivity index (χ3n) is 3.22. The van der Waals surface area contributed by atoms with Gasteiger partial charge < -0.3 is 14.8 Å². The maximum Gasteiger partial charge on any atom is 0.0808 e. The van der Waals surface area contributed by atoms with Crippen LogP contribution in [-0.4, -0.2) is 26.4 Å². The largest absolute Gasteiger partial charge is 0.376 e. The summed E-state index contributed by atoms with van der Waals surface area (Å²) in [4.78, 5) is 0. The fourth-order valence-corrected chi connectivity index (χ4v) is 2.28. The number of hydrogen-bond donors (Lipinski definition) is 1. The second kappa shape index (κ2) is 7.52. The Morgan fingerprint density at radius 2 is 2.22 bits per heavy atom. The molecule has 100 valence electrons. The van der Waals surface area contributed by atoms with Crippen molar-refractivity contribution >= 4 is 0 Å². The quantitative estimate of drug-likeness (QED) is 0.840. The van der Waals surface area contributed by atoms with E-state index in [0.29, 0.717) is 12.7 Å². The van der Waals surface area contributed by atoms with E-state index in [1.807, 2.05) is 7.05 Å². The van der Waals surface area contributed by atoms with Crippen LogP contribution in [0.15, 0.2) is 24.3 Å². The van der Waals surface area contributed by atoms with Crippen LogP contribution in [0.5, 0.6) is 0 Å². The van der Waals surface area contributed by atoms with Gasteiger partial charge in [-0.2, -0.15) is 0 Å². The van der Waals surface area contributed by atoms with Gasteiger partial charge in [-0.3, -0.25) is 0 Å². The molecule has 1 heterocycles. The SMILES string of the molecule is CNCc1cccc(COCC2CCCCO2)c1. The maximum atomic E-state index is 5.75. The Morgan fingerprint density at radius 3 is 3.00 bits per heavy atom. The van der Waals surface area contributed by atoms with E-state index in [9.17, 15) is 0 Å². The number of rotatable bonds is 6. The molecule has 0 aromatic heterocycles. The molecule has 1 N–H and O–H groups in total. The third-order valence-corrected chi connectivity index (χ3v) is 3.22. The predicted molar refractivity (Wildman–Crippen MR) is 72.5 cm³/mol. The van der Waals surface area contributed by atoms with Crippen LogP contribution in [0.4, 0.5) is 0 Å². The summed E-state index contributed by atoms with van der Waals surface area (Å²) >= 11 is 0. The van der Waals surface area contributed by atoms with Crippen LogP contribution in [0.3, 0.4) is 0 Å². The molecule has 1 aromatic carbocycles. The summed E-state index contributed by atoms with van der Waals surface area (Å²) in [6.07, 6.45) is 3.91. The number of hydrogen-bond acceptors (Lipinski definition) is 3. The zero-order valence-electron chi connectivity index (χ0n) is 11.2. The van der Waals surface area contributed by atoms with Gasteiger partial charge in [0.15, 0.2) is 0 Å². The zero-order chi connectivity index (χ0) is 12.6. The van der Waals surface area contributed by atoms with Gasteiger partial charge in [-0.05, 0) is 37.4 Å². The molecule has 0 radical (unpaired) electrons. The van der Waals surface area contributed by atoms with Gasteiger partial charge in [-0.1, -0.05) is 24.3 Å². The highest BCUT2D eigenvalue weighted by molar-refractivity contribution is 5.22. The van der Waals surface area contributed by atoms with Gasteiger partial charge in [0.05, 0.1) is 19.3 Å². The third kappa shape index (κ3) is 4.41. The van der Waals surface area contributed by atoms with Crippen LogP contribution in [0, 0.1) is 0 Å². The van der Waals surface area contributed by atoms with Crippen molar-refractivity contribution in [1.29, 1.82) is 0 Å². The summed E-state index contributed by atoms with van der Waals surface area (Å²) in [5.74, 6) is 0. The molecule has 1 saturated heterocycles. The fraction of sp³-hybridized carbons (Fsp3) is 0.600. The second-order valence-electron chi connectivity index (χ2n) is 4.85. The molecule has 0 saturated carbocycles. The van der Waals surface area contributed by atoms with Crippen molar-refractivity contribution < 1.29 is 9.47 Å². The smallest absolute Gasteiger partial charge is 0.0808 e. The summed E-state index contributed by atoms with van der Waals surface area (Å²) in [7, 11) is 1.96. The first-order valence-electron chi connectivity index (χ1n) is 6.80. The van der Waals surface area contributed by atoms with Crippen LogP contribution in [0.25, 0.3) is 0 Å². The Labute approximate surface area is 109 Å². The average molecular weight is 249 g/mol. The lowest BCUT2D eigenvalue weighted by atomic mass is 10.1. The maximum absolute atomic E-state index is 5.75. The minimum atomic E-state index is 0.305. The number of nitrogens with one attached hydrogen (secondary N) is 1. The highest BCUT2D eigenvalue weighted by Gasteiger charge is 2.13. The van der Waals surface area contributed by atoms with Crippen LogP contribution >= 0.6 is 0 Å². The summed E-state index contributed by atoms with van der Waals surface area (Å²) in [5, 5.41) is 3.16. The molecule has 2 rings (SSSR count). The molecule has 1 aliphatic heterocycles. The lowest BCUT2D eigenvalue weighted by Crippen LogP contribution is -2.24. The molecule has 1 unspecified atom stereocenters. The first-order chi connectivity index (χ1) is 8.88. The van der Waals surface area contributed by atoms with Gasteiger partial charge in [0, 0.05) is 13.2 Å². The summed E-state index contributed by atoms with van der Waals surface area (Å²) in [6, 6.07) is 8.52. The highest BCUT2D eigenvalue weighted by Crippen LogP contribution is 2.14. The molecule has 0 bridgehead atoms. The van der Waals surface area contributed by atoms with Gasteiger partial charge in [-0.15, -0.1) is 0 Å². The minimum Gasteiger partial charge on any atom is -0.376 e. The Hall–Kier alpha value is -0.900. The number of ether oxygens (including phenoxy) is 2. The summed E-state index contributed by atoms with van der Waals surface area (Å²) in [6.45, 7) is 3.19. The molecule has 18 heavy (non-hydrogen) atoms. The van der Waals surface area contributed by atoms with Gasteiger partial charge in [0.25, 0.3) is 0 Å². The Balaban J connectivity index is 1.73. The van der Waals surface area contributed by atoms with E-state index < -0.39 is 0 Å². The molecule has 3 nitrogen and oxygen atoms in total. The van der Waals surface area contributed by atoms with Gasteiger partial charge in [0.2, 0.25) is 0 Å². The normalized spacial score (nSPS) is 19.9. The highest BCUT2D eigenvalue weighted by atomic mass is 16.5. The van der Waals surface area contributed by atoms with E-state index in [-0.39, 0.29) is 0 Å². The zero-order valence-corrected chi connectivity index (χ0v) is 11.2. The van der Waals surface area contributed by atoms with Crippen molar-refractivity contribution in [2.75, 3.05) is 20.3 Å². The lowest BCUT2D eigenvalue weighted by molar-refractivity contribution is -0.0447. The van der Waals surface area contributed by atoms with E-state index in [0.717, 1.165) is 26.2 Å². The Bertz CT molecular complexity index is 348. The Morgan fingerprint density at radius 1 is 1.33 bits per heavy atom. The first-order valence-corrected chi connectivity index (χ1v) is 6.80. The van der Waals surface area contributed by atoms with E-state index in [1.165, 1.54) is 24.0 Å². The lowest BCUT2D eigenvalue weighted by Gasteiger charge is -2.22. The molecule has 0 amide bonds. The molecule has 1 atom stereocenters. The van der Waals surface area contributed by atoms with Gasteiger partial charge in [0.1, 0.15) is 0 Å².